The second-order valence-corrected chi connectivity index (χ2v) is 5.38. The first-order valence-electron chi connectivity index (χ1n) is 6.17. The summed E-state index contributed by atoms with van der Waals surface area (Å²) in [5, 5.41) is 0. The summed E-state index contributed by atoms with van der Waals surface area (Å²) in [7, 11) is 0. The quantitative estimate of drug-likeness (QED) is 0.813. The van der Waals surface area contributed by atoms with Crippen molar-refractivity contribution in [2.75, 3.05) is 39.3 Å². The van der Waals surface area contributed by atoms with Gasteiger partial charge in [0.2, 0.25) is 0 Å². The fourth-order valence-corrected chi connectivity index (χ4v) is 2.59. The summed E-state index contributed by atoms with van der Waals surface area (Å²) in [5.41, 5.74) is 6.07. The molecule has 2 rings (SSSR count). The van der Waals surface area contributed by atoms with Crippen LogP contribution in [0.3, 0.4) is 0 Å². The average molecular weight is 251 g/mol. The van der Waals surface area contributed by atoms with Crippen molar-refractivity contribution in [2.24, 2.45) is 5.73 Å². The van der Waals surface area contributed by atoms with E-state index in [0.29, 0.717) is 26.2 Å². The Morgan fingerprint density at radius 2 is 1.53 bits per heavy atom. The van der Waals surface area contributed by atoms with Gasteiger partial charge in [-0.15, -0.1) is 0 Å². The van der Waals surface area contributed by atoms with E-state index in [2.05, 4.69) is 4.90 Å². The fourth-order valence-electron chi connectivity index (χ4n) is 2.59. The number of rotatable bonds is 3. The summed E-state index contributed by atoms with van der Waals surface area (Å²) in [4.78, 5) is 3.67. The molecule has 0 spiro atoms. The van der Waals surface area contributed by atoms with Gasteiger partial charge in [0.25, 0.3) is 0 Å². The number of hydrogen-bond donors (Lipinski definition) is 1. The van der Waals surface area contributed by atoms with Gasteiger partial charge < -0.3 is 5.73 Å². The number of nitrogens with zero attached hydrogens (tertiary/aromatic N) is 2. The number of alkyl halides is 3. The predicted molar refractivity (Wildman–Crippen MR) is 59.7 cm³/mol. The Morgan fingerprint density at radius 3 is 1.94 bits per heavy atom. The maximum Gasteiger partial charge on any atom is 0.401 e. The van der Waals surface area contributed by atoms with Crippen LogP contribution in [0.2, 0.25) is 0 Å². The van der Waals surface area contributed by atoms with Crippen LogP contribution in [0, 0.1) is 0 Å². The molecular formula is C11H20F3N3. The summed E-state index contributed by atoms with van der Waals surface area (Å²) in [6, 6.07) is 0. The molecule has 2 fully saturated rings. The van der Waals surface area contributed by atoms with Crippen LogP contribution in [0.1, 0.15) is 19.3 Å². The van der Waals surface area contributed by atoms with E-state index >= 15 is 0 Å². The highest BCUT2D eigenvalue weighted by Crippen LogP contribution is 2.30. The summed E-state index contributed by atoms with van der Waals surface area (Å²) < 4.78 is 36.6. The minimum Gasteiger partial charge on any atom is -0.324 e. The molecule has 1 aliphatic carbocycles. The third-order valence-corrected chi connectivity index (χ3v) is 3.76. The molecule has 1 saturated heterocycles. The van der Waals surface area contributed by atoms with Gasteiger partial charge in [0, 0.05) is 38.3 Å². The normalized spacial score (nSPS) is 26.8. The third kappa shape index (κ3) is 3.82. The molecular weight excluding hydrogens is 231 g/mol. The van der Waals surface area contributed by atoms with Crippen LogP contribution >= 0.6 is 0 Å². The smallest absolute Gasteiger partial charge is 0.324 e. The molecule has 0 atom stereocenters. The second kappa shape index (κ2) is 4.74. The largest absolute Gasteiger partial charge is 0.401 e. The highest BCUT2D eigenvalue weighted by molar-refractivity contribution is 4.95. The lowest BCUT2D eigenvalue weighted by Gasteiger charge is -2.44. The number of halogens is 3. The van der Waals surface area contributed by atoms with E-state index in [1.807, 2.05) is 0 Å². The molecule has 1 heterocycles. The molecule has 2 N–H and O–H groups in total. The van der Waals surface area contributed by atoms with Crippen LogP contribution in [-0.4, -0.2) is 60.8 Å². The third-order valence-electron chi connectivity index (χ3n) is 3.76. The Labute approximate surface area is 99.7 Å². The monoisotopic (exact) mass is 251 g/mol. The van der Waals surface area contributed by atoms with Crippen LogP contribution in [-0.2, 0) is 0 Å². The highest BCUT2D eigenvalue weighted by Gasteiger charge is 2.36. The van der Waals surface area contributed by atoms with E-state index in [1.54, 1.807) is 0 Å². The maximum absolute atomic E-state index is 12.2. The summed E-state index contributed by atoms with van der Waals surface area (Å²) in [5.74, 6) is 0. The minimum atomic E-state index is -4.08. The summed E-state index contributed by atoms with van der Waals surface area (Å²) >= 11 is 0. The zero-order valence-electron chi connectivity index (χ0n) is 9.97. The van der Waals surface area contributed by atoms with Crippen LogP contribution < -0.4 is 5.73 Å². The zero-order valence-corrected chi connectivity index (χ0v) is 9.97. The van der Waals surface area contributed by atoms with E-state index in [9.17, 15) is 13.2 Å². The van der Waals surface area contributed by atoms with Crippen molar-refractivity contribution >= 4 is 0 Å². The zero-order chi connectivity index (χ0) is 12.5. The van der Waals surface area contributed by atoms with Crippen LogP contribution in [0.5, 0.6) is 0 Å². The van der Waals surface area contributed by atoms with E-state index in [0.717, 1.165) is 19.4 Å². The van der Waals surface area contributed by atoms with Gasteiger partial charge in [0.05, 0.1) is 6.54 Å². The Bertz CT molecular complexity index is 255. The molecule has 2 aliphatic rings. The molecule has 0 aromatic rings. The molecule has 0 unspecified atom stereocenters. The number of piperazine rings is 1. The van der Waals surface area contributed by atoms with Gasteiger partial charge in [-0.2, -0.15) is 13.2 Å². The van der Waals surface area contributed by atoms with Crippen molar-refractivity contribution in [1.82, 2.24) is 9.80 Å². The lowest BCUT2D eigenvalue weighted by Crippen LogP contribution is -2.58. The molecule has 17 heavy (non-hydrogen) atoms. The molecule has 1 aliphatic heterocycles. The van der Waals surface area contributed by atoms with E-state index in [-0.39, 0.29) is 5.54 Å². The summed E-state index contributed by atoms with van der Waals surface area (Å²) in [6.45, 7) is 2.46. The number of hydrogen-bond acceptors (Lipinski definition) is 3. The van der Waals surface area contributed by atoms with Gasteiger partial charge in [-0.25, -0.2) is 0 Å². The van der Waals surface area contributed by atoms with Gasteiger partial charge in [-0.1, -0.05) is 0 Å². The Balaban J connectivity index is 1.71. The molecule has 0 aromatic heterocycles. The van der Waals surface area contributed by atoms with Gasteiger partial charge in [-0.3, -0.25) is 9.80 Å². The Hall–Kier alpha value is -0.330. The van der Waals surface area contributed by atoms with Crippen molar-refractivity contribution in [3.63, 3.8) is 0 Å². The molecule has 0 amide bonds. The standard InChI is InChI=1S/C11H20F3N3/c12-11(13,14)9-17-6-4-16(5-7-17)8-10(15)2-1-3-10/h1-9,15H2. The Kier molecular flexibility index (Phi) is 3.66. The lowest BCUT2D eigenvalue weighted by atomic mass is 9.77. The van der Waals surface area contributed by atoms with Crippen LogP contribution in [0.25, 0.3) is 0 Å². The average Bonchev–Trinajstić information content (AvgIpc) is 2.16. The van der Waals surface area contributed by atoms with Crippen LogP contribution in [0.15, 0.2) is 0 Å². The van der Waals surface area contributed by atoms with E-state index in [4.69, 9.17) is 5.73 Å². The molecule has 0 radical (unpaired) electrons. The topological polar surface area (TPSA) is 32.5 Å². The number of nitrogens with two attached hydrogens (primary N) is 1. The molecule has 6 heteroatoms. The first-order chi connectivity index (χ1) is 7.86. The van der Waals surface area contributed by atoms with Crippen molar-refractivity contribution in [1.29, 1.82) is 0 Å². The molecule has 0 bridgehead atoms. The SMILES string of the molecule is NC1(CN2CCN(CC(F)(F)F)CC2)CCC1. The van der Waals surface area contributed by atoms with Gasteiger partial charge in [0.15, 0.2) is 0 Å². The van der Waals surface area contributed by atoms with E-state index < -0.39 is 12.7 Å². The van der Waals surface area contributed by atoms with Crippen molar-refractivity contribution in [2.45, 2.75) is 31.0 Å². The molecule has 3 nitrogen and oxygen atoms in total. The second-order valence-electron chi connectivity index (χ2n) is 5.38. The lowest BCUT2D eigenvalue weighted by molar-refractivity contribution is -0.149. The van der Waals surface area contributed by atoms with Crippen molar-refractivity contribution < 1.29 is 13.2 Å². The van der Waals surface area contributed by atoms with Gasteiger partial charge in [0.1, 0.15) is 0 Å². The molecule has 0 aromatic carbocycles. The maximum atomic E-state index is 12.2. The molecule has 100 valence electrons. The first-order valence-corrected chi connectivity index (χ1v) is 6.17. The first kappa shape index (κ1) is 13.1. The van der Waals surface area contributed by atoms with Gasteiger partial charge in [-0.05, 0) is 19.3 Å². The van der Waals surface area contributed by atoms with Crippen LogP contribution in [0.4, 0.5) is 13.2 Å². The summed E-state index contributed by atoms with van der Waals surface area (Å²) in [6.07, 6.45) is -0.790. The van der Waals surface area contributed by atoms with Gasteiger partial charge >= 0.3 is 6.18 Å². The fraction of sp³-hybridized carbons (Fsp3) is 1.00. The predicted octanol–water partition coefficient (Wildman–Crippen LogP) is 1.05. The van der Waals surface area contributed by atoms with Crippen molar-refractivity contribution in [3.05, 3.63) is 0 Å². The highest BCUT2D eigenvalue weighted by atomic mass is 19.4. The molecule has 1 saturated carbocycles. The van der Waals surface area contributed by atoms with E-state index in [1.165, 1.54) is 11.3 Å². The Morgan fingerprint density at radius 1 is 1.00 bits per heavy atom. The van der Waals surface area contributed by atoms with Crippen molar-refractivity contribution in [3.8, 4) is 0 Å². The minimum absolute atomic E-state index is 0.0633.